The number of halogens is 3. The Kier molecular flexibility index (Phi) is 4.22. The maximum atomic E-state index is 12.5. The minimum atomic E-state index is -4.44. The van der Waals surface area contributed by atoms with Gasteiger partial charge in [-0.3, -0.25) is 9.36 Å². The van der Waals surface area contributed by atoms with Crippen LogP contribution >= 0.6 is 0 Å². The Labute approximate surface area is 140 Å². The third-order valence-corrected chi connectivity index (χ3v) is 3.41. The second-order valence-corrected chi connectivity index (χ2v) is 5.15. The highest BCUT2D eigenvalue weighted by atomic mass is 19.4. The zero-order valence-corrected chi connectivity index (χ0v) is 12.9. The van der Waals surface area contributed by atoms with Crippen LogP contribution in [0.5, 0.6) is 0 Å². The molecular formula is C16H12F3N5O. The number of anilines is 1. The largest absolute Gasteiger partial charge is 0.416 e. The molecule has 0 atom stereocenters. The van der Waals surface area contributed by atoms with E-state index in [1.165, 1.54) is 12.4 Å². The van der Waals surface area contributed by atoms with Crippen LogP contribution in [-0.2, 0) is 6.18 Å². The number of carbonyl (C=O) groups is 1. The van der Waals surface area contributed by atoms with Gasteiger partial charge >= 0.3 is 6.18 Å². The van der Waals surface area contributed by atoms with Gasteiger partial charge in [-0.1, -0.05) is 0 Å². The third-order valence-electron chi connectivity index (χ3n) is 3.41. The Morgan fingerprint density at radius 2 is 1.72 bits per heavy atom. The summed E-state index contributed by atoms with van der Waals surface area (Å²) in [5, 5.41) is 2.53. The van der Waals surface area contributed by atoms with Gasteiger partial charge in [-0.2, -0.15) is 13.2 Å². The molecule has 1 aromatic carbocycles. The molecule has 0 spiro atoms. The first-order chi connectivity index (χ1) is 11.8. The van der Waals surface area contributed by atoms with E-state index in [1.54, 1.807) is 23.9 Å². The Hall–Kier alpha value is -3.23. The van der Waals surface area contributed by atoms with Crippen molar-refractivity contribution >= 4 is 11.6 Å². The third kappa shape index (κ3) is 3.65. The molecule has 1 amide bonds. The monoisotopic (exact) mass is 347 g/mol. The number of aromatic nitrogens is 4. The predicted octanol–water partition coefficient (Wildman–Crippen LogP) is 3.24. The van der Waals surface area contributed by atoms with E-state index in [4.69, 9.17) is 0 Å². The lowest BCUT2D eigenvalue weighted by Crippen LogP contribution is -2.13. The molecule has 0 aliphatic rings. The Balaban J connectivity index is 1.72. The van der Waals surface area contributed by atoms with Crippen LogP contribution < -0.4 is 5.32 Å². The number of alkyl halides is 3. The van der Waals surface area contributed by atoms with Crippen LogP contribution in [0.25, 0.3) is 5.95 Å². The summed E-state index contributed by atoms with van der Waals surface area (Å²) in [5.41, 5.74) is -0.388. The summed E-state index contributed by atoms with van der Waals surface area (Å²) in [6.45, 7) is 1.80. The number of carbonyl (C=O) groups excluding carboxylic acids is 1. The van der Waals surface area contributed by atoms with Crippen molar-refractivity contribution in [3.8, 4) is 5.95 Å². The minimum Gasteiger partial charge on any atom is -0.319 e. The molecule has 0 fully saturated rings. The van der Waals surface area contributed by atoms with E-state index >= 15 is 0 Å². The topological polar surface area (TPSA) is 72.7 Å². The summed E-state index contributed by atoms with van der Waals surface area (Å²) in [6, 6.07) is 3.94. The van der Waals surface area contributed by atoms with Crippen LogP contribution in [0.3, 0.4) is 0 Å². The highest BCUT2D eigenvalue weighted by molar-refractivity contribution is 6.04. The average Bonchev–Trinajstić information content (AvgIpc) is 3.01. The molecule has 25 heavy (non-hydrogen) atoms. The first kappa shape index (κ1) is 16.6. The number of amides is 1. The van der Waals surface area contributed by atoms with Gasteiger partial charge in [0.25, 0.3) is 5.91 Å². The molecule has 3 rings (SSSR count). The van der Waals surface area contributed by atoms with E-state index in [9.17, 15) is 18.0 Å². The van der Waals surface area contributed by atoms with Crippen LogP contribution in [-0.4, -0.2) is 25.4 Å². The van der Waals surface area contributed by atoms with Crippen molar-refractivity contribution in [3.63, 3.8) is 0 Å². The van der Waals surface area contributed by atoms with Gasteiger partial charge < -0.3 is 5.32 Å². The molecule has 6 nitrogen and oxygen atoms in total. The fourth-order valence-electron chi connectivity index (χ4n) is 2.11. The van der Waals surface area contributed by atoms with Gasteiger partial charge in [0.05, 0.1) is 23.6 Å². The zero-order chi connectivity index (χ0) is 18.0. The zero-order valence-electron chi connectivity index (χ0n) is 12.9. The smallest absolute Gasteiger partial charge is 0.319 e. The number of nitrogens with one attached hydrogen (secondary N) is 1. The van der Waals surface area contributed by atoms with Gasteiger partial charge in [-0.05, 0) is 31.2 Å². The molecule has 1 N–H and O–H groups in total. The van der Waals surface area contributed by atoms with Crippen LogP contribution in [0, 0.1) is 6.92 Å². The number of hydrogen-bond donors (Lipinski definition) is 1. The summed E-state index contributed by atoms with van der Waals surface area (Å²) in [5.74, 6) is 0.549. The molecule has 2 aromatic heterocycles. The first-order valence-electron chi connectivity index (χ1n) is 7.15. The lowest BCUT2D eigenvalue weighted by molar-refractivity contribution is -0.137. The molecule has 0 radical (unpaired) electrons. The standard InChI is InChI=1S/C16H12F3N5O/c1-10-20-6-7-24(10)15-21-8-13(9-22-15)23-14(25)11-2-4-12(5-3-11)16(17,18)19/h2-9H,1H3,(H,23,25). The van der Waals surface area contributed by atoms with E-state index in [-0.39, 0.29) is 5.56 Å². The second kappa shape index (κ2) is 6.34. The molecule has 9 heteroatoms. The van der Waals surface area contributed by atoms with Gasteiger partial charge in [0, 0.05) is 18.0 Å². The molecule has 0 saturated carbocycles. The van der Waals surface area contributed by atoms with E-state index in [0.717, 1.165) is 24.3 Å². The molecular weight excluding hydrogens is 335 g/mol. The molecule has 3 aromatic rings. The van der Waals surface area contributed by atoms with E-state index in [1.807, 2.05) is 0 Å². The lowest BCUT2D eigenvalue weighted by Gasteiger charge is -2.08. The predicted molar refractivity (Wildman–Crippen MR) is 83.3 cm³/mol. The van der Waals surface area contributed by atoms with Gasteiger partial charge in [-0.15, -0.1) is 0 Å². The molecule has 0 unspecified atom stereocenters. The normalized spacial score (nSPS) is 11.4. The Morgan fingerprint density at radius 1 is 1.08 bits per heavy atom. The molecule has 0 aliphatic carbocycles. The fourth-order valence-corrected chi connectivity index (χ4v) is 2.11. The second-order valence-electron chi connectivity index (χ2n) is 5.15. The van der Waals surface area contributed by atoms with Gasteiger partial charge in [0.15, 0.2) is 0 Å². The maximum absolute atomic E-state index is 12.5. The van der Waals surface area contributed by atoms with Crippen molar-refractivity contribution < 1.29 is 18.0 Å². The number of hydrogen-bond acceptors (Lipinski definition) is 4. The number of imidazole rings is 1. The Morgan fingerprint density at radius 3 is 2.24 bits per heavy atom. The van der Waals surface area contributed by atoms with Gasteiger partial charge in [0.2, 0.25) is 5.95 Å². The molecule has 2 heterocycles. The van der Waals surface area contributed by atoms with Gasteiger partial charge in [-0.25, -0.2) is 15.0 Å². The molecule has 0 saturated heterocycles. The van der Waals surface area contributed by atoms with E-state index in [2.05, 4.69) is 20.3 Å². The van der Waals surface area contributed by atoms with Crippen molar-refractivity contribution in [2.24, 2.45) is 0 Å². The maximum Gasteiger partial charge on any atom is 0.416 e. The van der Waals surface area contributed by atoms with Crippen molar-refractivity contribution in [2.45, 2.75) is 13.1 Å². The Bertz CT molecular complexity index is 885. The first-order valence-corrected chi connectivity index (χ1v) is 7.15. The van der Waals surface area contributed by atoms with E-state index in [0.29, 0.717) is 17.5 Å². The summed E-state index contributed by atoms with van der Waals surface area (Å²) in [4.78, 5) is 24.4. The lowest BCUT2D eigenvalue weighted by atomic mass is 10.1. The van der Waals surface area contributed by atoms with Crippen molar-refractivity contribution in [1.82, 2.24) is 19.5 Å². The van der Waals surface area contributed by atoms with Crippen molar-refractivity contribution in [3.05, 3.63) is 66.0 Å². The highest BCUT2D eigenvalue weighted by Gasteiger charge is 2.30. The molecule has 0 aliphatic heterocycles. The summed E-state index contributed by atoms with van der Waals surface area (Å²) >= 11 is 0. The minimum absolute atomic E-state index is 0.0996. The van der Waals surface area contributed by atoms with Gasteiger partial charge in [0.1, 0.15) is 5.82 Å². The van der Waals surface area contributed by atoms with Crippen LogP contribution in [0.4, 0.5) is 18.9 Å². The molecule has 0 bridgehead atoms. The van der Waals surface area contributed by atoms with Crippen molar-refractivity contribution in [1.29, 1.82) is 0 Å². The van der Waals surface area contributed by atoms with Crippen LogP contribution in [0.2, 0.25) is 0 Å². The summed E-state index contributed by atoms with van der Waals surface area (Å²) in [6.07, 6.45) is 1.68. The highest BCUT2D eigenvalue weighted by Crippen LogP contribution is 2.29. The van der Waals surface area contributed by atoms with Crippen molar-refractivity contribution in [2.75, 3.05) is 5.32 Å². The fraction of sp³-hybridized carbons (Fsp3) is 0.125. The van der Waals surface area contributed by atoms with Crippen LogP contribution in [0.1, 0.15) is 21.7 Å². The molecule has 128 valence electrons. The number of nitrogens with zero attached hydrogens (tertiary/aromatic N) is 4. The number of rotatable bonds is 3. The van der Waals surface area contributed by atoms with E-state index < -0.39 is 17.6 Å². The number of aryl methyl sites for hydroxylation is 1. The SMILES string of the molecule is Cc1nccn1-c1ncc(NC(=O)c2ccc(C(F)(F)F)cc2)cn1. The average molecular weight is 347 g/mol. The summed E-state index contributed by atoms with van der Waals surface area (Å²) in [7, 11) is 0. The quantitative estimate of drug-likeness (QED) is 0.789. The summed E-state index contributed by atoms with van der Waals surface area (Å²) < 4.78 is 39.2. The number of benzene rings is 1. The van der Waals surface area contributed by atoms with Crippen LogP contribution in [0.15, 0.2) is 49.1 Å².